The van der Waals surface area contributed by atoms with Crippen molar-refractivity contribution in [1.29, 1.82) is 0 Å². The van der Waals surface area contributed by atoms with E-state index in [1.54, 1.807) is 12.1 Å². The summed E-state index contributed by atoms with van der Waals surface area (Å²) in [4.78, 5) is 72.9. The van der Waals surface area contributed by atoms with Gasteiger partial charge in [0.05, 0.1) is 12.7 Å². The van der Waals surface area contributed by atoms with Crippen molar-refractivity contribution in [3.05, 3.63) is 54.1 Å². The molecule has 0 bridgehead atoms. The Kier molecular flexibility index (Phi) is 7.09. The van der Waals surface area contributed by atoms with E-state index < -0.39 is 47.8 Å². The highest BCUT2D eigenvalue weighted by atomic mass is 16.2. The second-order valence-corrected chi connectivity index (χ2v) is 8.62. The number of nitrogens with one attached hydrogen (secondary N) is 3. The van der Waals surface area contributed by atoms with Crippen LogP contribution < -0.4 is 16.4 Å². The first-order chi connectivity index (χ1) is 16.8. The summed E-state index contributed by atoms with van der Waals surface area (Å²) in [5.74, 6) is -2.29. The van der Waals surface area contributed by atoms with Gasteiger partial charge in [-0.3, -0.25) is 24.5 Å². The third kappa shape index (κ3) is 5.48. The van der Waals surface area contributed by atoms with Crippen molar-refractivity contribution >= 4 is 29.7 Å². The third-order valence-electron chi connectivity index (χ3n) is 6.22. The van der Waals surface area contributed by atoms with E-state index in [0.29, 0.717) is 25.1 Å². The number of likely N-dealkylation sites (tertiary alicyclic amines) is 1. The van der Waals surface area contributed by atoms with E-state index in [1.165, 1.54) is 22.3 Å². The smallest absolute Gasteiger partial charge is 0.325 e. The van der Waals surface area contributed by atoms with Crippen LogP contribution in [-0.4, -0.2) is 74.1 Å². The van der Waals surface area contributed by atoms with Gasteiger partial charge in [0.2, 0.25) is 23.6 Å². The summed E-state index contributed by atoms with van der Waals surface area (Å²) >= 11 is 0. The second-order valence-electron chi connectivity index (χ2n) is 8.62. The summed E-state index contributed by atoms with van der Waals surface area (Å²) < 4.78 is 0. The minimum absolute atomic E-state index is 0.0815. The largest absolute Gasteiger partial charge is 0.368 e. The Balaban J connectivity index is 1.56. The number of rotatable bonds is 8. The Morgan fingerprint density at radius 1 is 1.17 bits per heavy atom. The SMILES string of the molecule is NC(=O)[C@@H]1CCCN1C(=O)[C@H](Cc1cnc[nH]1)NC(=O)[C@@H]1CC(=O)NC(=O)N1Cc1ccccc1. The van der Waals surface area contributed by atoms with Crippen LogP contribution in [0, 0.1) is 0 Å². The van der Waals surface area contributed by atoms with E-state index in [0.717, 1.165) is 5.56 Å². The van der Waals surface area contributed by atoms with Crippen molar-refractivity contribution in [1.82, 2.24) is 30.4 Å². The quantitative estimate of drug-likeness (QED) is 0.393. The summed E-state index contributed by atoms with van der Waals surface area (Å²) in [5.41, 5.74) is 6.85. The van der Waals surface area contributed by atoms with Crippen LogP contribution in [0.5, 0.6) is 0 Å². The molecule has 2 aliphatic rings. The maximum Gasteiger partial charge on any atom is 0.325 e. The van der Waals surface area contributed by atoms with Gasteiger partial charge in [0.15, 0.2) is 0 Å². The molecule has 35 heavy (non-hydrogen) atoms. The standard InChI is InChI=1S/C23H27N7O5/c24-20(32)17-7-4-8-29(17)22(34)16(9-15-11-25-13-26-15)27-21(33)18-10-19(31)28-23(35)30(18)12-14-5-2-1-3-6-14/h1-3,5-6,11,13,16-18H,4,7-10,12H2,(H2,24,32)(H,25,26)(H,27,33)(H,28,31,35)/t16-,17-,18-/m0/s1. The first kappa shape index (κ1) is 23.9. The van der Waals surface area contributed by atoms with Crippen LogP contribution in [0.1, 0.15) is 30.5 Å². The molecular formula is C23H27N7O5. The van der Waals surface area contributed by atoms with Crippen LogP contribution in [0.4, 0.5) is 4.79 Å². The zero-order valence-electron chi connectivity index (χ0n) is 19.0. The lowest BCUT2D eigenvalue weighted by Crippen LogP contribution is -2.62. The number of imidazole rings is 1. The van der Waals surface area contributed by atoms with Crippen LogP contribution >= 0.6 is 0 Å². The maximum absolute atomic E-state index is 13.4. The van der Waals surface area contributed by atoms with Crippen LogP contribution in [0.3, 0.4) is 0 Å². The molecule has 2 saturated heterocycles. The number of hydrogen-bond acceptors (Lipinski definition) is 6. The van der Waals surface area contributed by atoms with E-state index in [-0.39, 0.29) is 19.4 Å². The van der Waals surface area contributed by atoms with Crippen LogP contribution in [0.25, 0.3) is 0 Å². The number of amides is 6. The molecule has 12 heteroatoms. The zero-order valence-corrected chi connectivity index (χ0v) is 19.0. The highest BCUT2D eigenvalue weighted by Gasteiger charge is 2.41. The van der Waals surface area contributed by atoms with E-state index in [9.17, 15) is 24.0 Å². The number of benzene rings is 1. The van der Waals surface area contributed by atoms with E-state index in [2.05, 4.69) is 20.6 Å². The second kappa shape index (κ2) is 10.4. The monoisotopic (exact) mass is 481 g/mol. The Morgan fingerprint density at radius 2 is 1.94 bits per heavy atom. The molecule has 1 aromatic carbocycles. The molecule has 2 aliphatic heterocycles. The van der Waals surface area contributed by atoms with Crippen LogP contribution in [-0.2, 0) is 32.1 Å². The molecule has 0 radical (unpaired) electrons. The minimum Gasteiger partial charge on any atom is -0.368 e. The number of imide groups is 1. The number of aromatic nitrogens is 2. The molecule has 184 valence electrons. The Morgan fingerprint density at radius 3 is 2.63 bits per heavy atom. The number of H-pyrrole nitrogens is 1. The van der Waals surface area contributed by atoms with Crippen molar-refractivity contribution in [2.45, 2.75) is 50.4 Å². The summed E-state index contributed by atoms with van der Waals surface area (Å²) in [6.07, 6.45) is 3.88. The van der Waals surface area contributed by atoms with Gasteiger partial charge in [-0.1, -0.05) is 30.3 Å². The van der Waals surface area contributed by atoms with Gasteiger partial charge in [-0.2, -0.15) is 0 Å². The highest BCUT2D eigenvalue weighted by Crippen LogP contribution is 2.20. The normalized spacial score (nSPS) is 20.9. The van der Waals surface area contributed by atoms with Crippen LogP contribution in [0.2, 0.25) is 0 Å². The molecule has 0 saturated carbocycles. The molecule has 1 aromatic heterocycles. The van der Waals surface area contributed by atoms with Gasteiger partial charge in [-0.25, -0.2) is 9.78 Å². The zero-order chi connectivity index (χ0) is 24.9. The lowest BCUT2D eigenvalue weighted by Gasteiger charge is -2.35. The summed E-state index contributed by atoms with van der Waals surface area (Å²) in [6.45, 7) is 0.444. The van der Waals surface area contributed by atoms with Gasteiger partial charge in [-0.05, 0) is 18.4 Å². The number of urea groups is 1. The fourth-order valence-electron chi connectivity index (χ4n) is 4.48. The molecule has 12 nitrogen and oxygen atoms in total. The van der Waals surface area contributed by atoms with E-state index >= 15 is 0 Å². The first-order valence-corrected chi connectivity index (χ1v) is 11.3. The number of carbonyl (C=O) groups is 5. The number of hydrogen-bond donors (Lipinski definition) is 4. The molecule has 2 fully saturated rings. The molecule has 3 heterocycles. The molecule has 5 N–H and O–H groups in total. The van der Waals surface area contributed by atoms with Gasteiger partial charge in [-0.15, -0.1) is 0 Å². The van der Waals surface area contributed by atoms with Gasteiger partial charge in [0.25, 0.3) is 0 Å². The number of nitrogens with zero attached hydrogens (tertiary/aromatic N) is 3. The van der Waals surface area contributed by atoms with Gasteiger partial charge in [0.1, 0.15) is 18.1 Å². The topological polar surface area (TPSA) is 171 Å². The molecule has 6 amide bonds. The lowest BCUT2D eigenvalue weighted by atomic mass is 10.0. The maximum atomic E-state index is 13.4. The summed E-state index contributed by atoms with van der Waals surface area (Å²) in [6, 6.07) is 5.46. The molecule has 3 atom stereocenters. The molecule has 2 aromatic rings. The van der Waals surface area contributed by atoms with Crippen molar-refractivity contribution in [2.24, 2.45) is 5.73 Å². The minimum atomic E-state index is -1.11. The molecular weight excluding hydrogens is 454 g/mol. The Bertz CT molecular complexity index is 1100. The summed E-state index contributed by atoms with van der Waals surface area (Å²) in [5, 5.41) is 4.95. The van der Waals surface area contributed by atoms with Gasteiger partial charge < -0.3 is 25.8 Å². The number of carbonyl (C=O) groups excluding carboxylic acids is 5. The molecule has 0 aliphatic carbocycles. The van der Waals surface area contributed by atoms with E-state index in [4.69, 9.17) is 5.73 Å². The van der Waals surface area contributed by atoms with Crippen molar-refractivity contribution in [2.75, 3.05) is 6.54 Å². The predicted molar refractivity (Wildman–Crippen MR) is 122 cm³/mol. The summed E-state index contributed by atoms with van der Waals surface area (Å²) in [7, 11) is 0. The number of nitrogens with two attached hydrogens (primary N) is 1. The third-order valence-corrected chi connectivity index (χ3v) is 6.22. The Hall–Kier alpha value is -4.22. The average molecular weight is 482 g/mol. The molecule has 0 unspecified atom stereocenters. The fourth-order valence-corrected chi connectivity index (χ4v) is 4.48. The highest BCUT2D eigenvalue weighted by molar-refractivity contribution is 6.03. The first-order valence-electron chi connectivity index (χ1n) is 11.3. The molecule has 4 rings (SSSR count). The fraction of sp³-hybridized carbons (Fsp3) is 0.391. The van der Waals surface area contributed by atoms with Crippen LogP contribution in [0.15, 0.2) is 42.9 Å². The van der Waals surface area contributed by atoms with Gasteiger partial charge >= 0.3 is 6.03 Å². The number of aromatic amines is 1. The average Bonchev–Trinajstić information content (AvgIpc) is 3.52. The Labute approximate surface area is 201 Å². The lowest BCUT2D eigenvalue weighted by molar-refractivity contribution is -0.141. The van der Waals surface area contributed by atoms with Crippen molar-refractivity contribution in [3.63, 3.8) is 0 Å². The molecule has 0 spiro atoms. The number of primary amides is 1. The van der Waals surface area contributed by atoms with Crippen molar-refractivity contribution < 1.29 is 24.0 Å². The van der Waals surface area contributed by atoms with Gasteiger partial charge in [0, 0.05) is 31.4 Å². The predicted octanol–water partition coefficient (Wildman–Crippen LogP) is -0.576. The van der Waals surface area contributed by atoms with E-state index in [1.807, 2.05) is 18.2 Å². The van der Waals surface area contributed by atoms with Crippen molar-refractivity contribution in [3.8, 4) is 0 Å².